The summed E-state index contributed by atoms with van der Waals surface area (Å²) in [6, 6.07) is 17.3. The van der Waals surface area contributed by atoms with Crippen LogP contribution < -0.4 is 5.32 Å². The third kappa shape index (κ3) is 5.13. The molecule has 0 bridgehead atoms. The maximum Gasteiger partial charge on any atom is 0.226 e. The van der Waals surface area contributed by atoms with Gasteiger partial charge in [0.1, 0.15) is 5.76 Å². The molecule has 1 amide bonds. The molecule has 6 heteroatoms. The molecule has 26 heavy (non-hydrogen) atoms. The fourth-order valence-corrected chi connectivity index (χ4v) is 3.30. The Morgan fingerprint density at radius 1 is 1.15 bits per heavy atom. The van der Waals surface area contributed by atoms with Gasteiger partial charge in [0.25, 0.3) is 0 Å². The molecule has 0 saturated carbocycles. The highest BCUT2D eigenvalue weighted by atomic mass is 35.5. The van der Waals surface area contributed by atoms with Crippen molar-refractivity contribution in [3.8, 4) is 11.5 Å². The van der Waals surface area contributed by atoms with Gasteiger partial charge in [-0.2, -0.15) is 0 Å². The number of rotatable bonds is 7. The van der Waals surface area contributed by atoms with Crippen molar-refractivity contribution in [3.63, 3.8) is 0 Å². The van der Waals surface area contributed by atoms with Gasteiger partial charge in [-0.1, -0.05) is 29.8 Å². The summed E-state index contributed by atoms with van der Waals surface area (Å²) in [6.07, 6.45) is 0.216. The Labute approximate surface area is 162 Å². The van der Waals surface area contributed by atoms with E-state index in [-0.39, 0.29) is 12.3 Å². The Hall–Kier alpha value is -2.24. The summed E-state index contributed by atoms with van der Waals surface area (Å²) in [5.41, 5.74) is 1.58. The lowest BCUT2D eigenvalue weighted by atomic mass is 10.2. The van der Waals surface area contributed by atoms with Crippen LogP contribution in [0.5, 0.6) is 0 Å². The van der Waals surface area contributed by atoms with Gasteiger partial charge in [-0.05, 0) is 43.3 Å². The molecule has 1 N–H and O–H groups in total. The van der Waals surface area contributed by atoms with E-state index in [1.807, 2.05) is 61.5 Å². The van der Waals surface area contributed by atoms with Crippen LogP contribution in [0, 0.1) is 6.92 Å². The summed E-state index contributed by atoms with van der Waals surface area (Å²) in [7, 11) is 0. The van der Waals surface area contributed by atoms with Gasteiger partial charge >= 0.3 is 0 Å². The van der Waals surface area contributed by atoms with Crippen molar-refractivity contribution in [2.24, 2.45) is 0 Å². The number of carbonyl (C=O) groups is 1. The van der Waals surface area contributed by atoms with Gasteiger partial charge in [0.2, 0.25) is 11.8 Å². The number of nitrogens with zero attached hydrogens (tertiary/aromatic N) is 1. The van der Waals surface area contributed by atoms with Crippen LogP contribution in [0.2, 0.25) is 5.02 Å². The van der Waals surface area contributed by atoms with Gasteiger partial charge in [-0.3, -0.25) is 4.79 Å². The Kier molecular flexibility index (Phi) is 6.36. The lowest BCUT2D eigenvalue weighted by Gasteiger charge is -2.04. The number of hydrogen-bond donors (Lipinski definition) is 1. The zero-order valence-electron chi connectivity index (χ0n) is 14.4. The standard InChI is InChI=1S/C20H19ClN2O2S/c1-14-18(23-20(25-14)15-5-3-2-4-6-15)13-19(24)22-11-12-26-17-9-7-16(21)8-10-17/h2-10H,11-13H2,1H3,(H,22,24). The summed E-state index contributed by atoms with van der Waals surface area (Å²) in [4.78, 5) is 17.7. The SMILES string of the molecule is Cc1oc(-c2ccccc2)nc1CC(=O)NCCSc1ccc(Cl)cc1. The van der Waals surface area contributed by atoms with Crippen molar-refractivity contribution in [1.29, 1.82) is 0 Å². The molecule has 4 nitrogen and oxygen atoms in total. The number of nitrogens with one attached hydrogen (secondary N) is 1. The molecule has 134 valence electrons. The van der Waals surface area contributed by atoms with Gasteiger partial charge in [0.05, 0.1) is 12.1 Å². The molecule has 1 aromatic heterocycles. The first-order valence-corrected chi connectivity index (χ1v) is 9.65. The molecule has 0 aliphatic rings. The van der Waals surface area contributed by atoms with Crippen LogP contribution in [0.3, 0.4) is 0 Å². The average molecular weight is 387 g/mol. The van der Waals surface area contributed by atoms with Crippen LogP contribution in [0.1, 0.15) is 11.5 Å². The number of hydrogen-bond acceptors (Lipinski definition) is 4. The minimum Gasteiger partial charge on any atom is -0.441 e. The largest absolute Gasteiger partial charge is 0.441 e. The number of halogens is 1. The second-order valence-corrected chi connectivity index (χ2v) is 7.32. The van der Waals surface area contributed by atoms with Crippen LogP contribution in [-0.4, -0.2) is 23.2 Å². The maximum absolute atomic E-state index is 12.1. The topological polar surface area (TPSA) is 55.1 Å². The van der Waals surface area contributed by atoms with Crippen LogP contribution in [0.4, 0.5) is 0 Å². The molecule has 0 aliphatic heterocycles. The number of aromatic nitrogens is 1. The Morgan fingerprint density at radius 2 is 1.88 bits per heavy atom. The van der Waals surface area contributed by atoms with E-state index < -0.39 is 0 Å². The Balaban J connectivity index is 1.47. The number of benzene rings is 2. The molecular formula is C20H19ClN2O2S. The highest BCUT2D eigenvalue weighted by Crippen LogP contribution is 2.22. The summed E-state index contributed by atoms with van der Waals surface area (Å²) in [5.74, 6) is 1.96. The number of carbonyl (C=O) groups excluding carboxylic acids is 1. The first kappa shape index (κ1) is 18.5. The number of amides is 1. The molecular weight excluding hydrogens is 368 g/mol. The van der Waals surface area contributed by atoms with Gasteiger partial charge in [0, 0.05) is 27.8 Å². The van der Waals surface area contributed by atoms with Crippen molar-refractivity contribution >= 4 is 29.3 Å². The molecule has 0 spiro atoms. The maximum atomic E-state index is 12.1. The molecule has 0 fully saturated rings. The zero-order valence-corrected chi connectivity index (χ0v) is 15.9. The Morgan fingerprint density at radius 3 is 2.62 bits per heavy atom. The molecule has 0 radical (unpaired) electrons. The smallest absolute Gasteiger partial charge is 0.226 e. The first-order chi connectivity index (χ1) is 12.6. The van der Waals surface area contributed by atoms with Crippen LogP contribution >= 0.6 is 23.4 Å². The van der Waals surface area contributed by atoms with E-state index in [2.05, 4.69) is 10.3 Å². The predicted octanol–water partition coefficient (Wildman–Crippen LogP) is 4.75. The fourth-order valence-electron chi connectivity index (χ4n) is 2.40. The normalized spacial score (nSPS) is 10.7. The molecule has 0 unspecified atom stereocenters. The molecule has 1 heterocycles. The van der Waals surface area contributed by atoms with E-state index in [1.165, 1.54) is 0 Å². The summed E-state index contributed by atoms with van der Waals surface area (Å²) >= 11 is 7.54. The molecule has 0 aliphatic carbocycles. The number of aryl methyl sites for hydroxylation is 1. The lowest BCUT2D eigenvalue weighted by molar-refractivity contribution is -0.120. The van der Waals surface area contributed by atoms with Gasteiger partial charge in [0.15, 0.2) is 0 Å². The quantitative estimate of drug-likeness (QED) is 0.470. The van der Waals surface area contributed by atoms with Crippen LogP contribution in [-0.2, 0) is 11.2 Å². The van der Waals surface area contributed by atoms with Crippen LogP contribution in [0.25, 0.3) is 11.5 Å². The Bertz CT molecular complexity index is 863. The van der Waals surface area contributed by atoms with E-state index in [0.717, 1.165) is 21.2 Å². The van der Waals surface area contributed by atoms with Crippen molar-refractivity contribution < 1.29 is 9.21 Å². The molecule has 3 rings (SSSR count). The average Bonchev–Trinajstić information content (AvgIpc) is 3.01. The molecule has 3 aromatic rings. The second-order valence-electron chi connectivity index (χ2n) is 5.72. The van der Waals surface area contributed by atoms with E-state index in [4.69, 9.17) is 16.0 Å². The van der Waals surface area contributed by atoms with E-state index >= 15 is 0 Å². The lowest BCUT2D eigenvalue weighted by Crippen LogP contribution is -2.27. The van der Waals surface area contributed by atoms with Gasteiger partial charge in [-0.25, -0.2) is 4.98 Å². The van der Waals surface area contributed by atoms with E-state index in [1.54, 1.807) is 11.8 Å². The second kappa shape index (κ2) is 8.92. The first-order valence-electron chi connectivity index (χ1n) is 8.28. The highest BCUT2D eigenvalue weighted by molar-refractivity contribution is 7.99. The van der Waals surface area contributed by atoms with Crippen molar-refractivity contribution in [3.05, 3.63) is 71.1 Å². The monoisotopic (exact) mass is 386 g/mol. The van der Waals surface area contributed by atoms with Crippen molar-refractivity contribution in [1.82, 2.24) is 10.3 Å². The molecule has 0 saturated heterocycles. The highest BCUT2D eigenvalue weighted by Gasteiger charge is 2.14. The van der Waals surface area contributed by atoms with E-state index in [9.17, 15) is 4.79 Å². The van der Waals surface area contributed by atoms with Crippen molar-refractivity contribution in [2.45, 2.75) is 18.2 Å². The van der Waals surface area contributed by atoms with Gasteiger partial charge in [-0.15, -0.1) is 11.8 Å². The molecule has 0 atom stereocenters. The zero-order chi connectivity index (χ0) is 18.4. The summed E-state index contributed by atoms with van der Waals surface area (Å²) < 4.78 is 5.69. The summed E-state index contributed by atoms with van der Waals surface area (Å²) in [6.45, 7) is 2.42. The van der Waals surface area contributed by atoms with Gasteiger partial charge < -0.3 is 9.73 Å². The minimum absolute atomic E-state index is 0.0577. The minimum atomic E-state index is -0.0577. The fraction of sp³-hybridized carbons (Fsp3) is 0.200. The number of oxazole rings is 1. The van der Waals surface area contributed by atoms with Crippen molar-refractivity contribution in [2.75, 3.05) is 12.3 Å². The third-order valence-corrected chi connectivity index (χ3v) is 5.01. The predicted molar refractivity (Wildman–Crippen MR) is 106 cm³/mol. The third-order valence-electron chi connectivity index (χ3n) is 3.75. The van der Waals surface area contributed by atoms with E-state index in [0.29, 0.717) is 23.9 Å². The molecule has 2 aromatic carbocycles. The van der Waals surface area contributed by atoms with Crippen LogP contribution in [0.15, 0.2) is 63.9 Å². The number of thioether (sulfide) groups is 1. The summed E-state index contributed by atoms with van der Waals surface area (Å²) in [5, 5.41) is 3.64.